The van der Waals surface area contributed by atoms with Crippen molar-refractivity contribution in [2.45, 2.75) is 25.7 Å². The number of nitrogens with zero attached hydrogens (tertiary/aromatic N) is 2. The van der Waals surface area contributed by atoms with Gasteiger partial charge in [0.2, 0.25) is 5.91 Å². The predicted molar refractivity (Wildman–Crippen MR) is 105 cm³/mol. The van der Waals surface area contributed by atoms with Gasteiger partial charge in [0.1, 0.15) is 0 Å². The highest BCUT2D eigenvalue weighted by Gasteiger charge is 2.33. The summed E-state index contributed by atoms with van der Waals surface area (Å²) in [6.45, 7) is 5.68. The third-order valence-corrected chi connectivity index (χ3v) is 5.50. The summed E-state index contributed by atoms with van der Waals surface area (Å²) in [4.78, 5) is 19.0. The Bertz CT molecular complexity index is 745. The number of nitrogens with one attached hydrogen (secondary N) is 2. The van der Waals surface area contributed by atoms with Gasteiger partial charge in [0.15, 0.2) is 0 Å². The molecule has 0 atom stereocenters. The second kappa shape index (κ2) is 7.46. The van der Waals surface area contributed by atoms with Gasteiger partial charge in [0.05, 0.1) is 17.8 Å². The van der Waals surface area contributed by atoms with E-state index in [4.69, 9.17) is 0 Å². The molecule has 0 aliphatic carbocycles. The molecule has 0 saturated carbocycles. The van der Waals surface area contributed by atoms with E-state index in [1.54, 1.807) is 0 Å². The SMILES string of the molecule is Cc1ccc(N2CC(C(=O)Nc3ccc(C4CCNCC4)cc3)C2)cn1. The summed E-state index contributed by atoms with van der Waals surface area (Å²) >= 11 is 0. The zero-order valence-corrected chi connectivity index (χ0v) is 15.2. The zero-order valence-electron chi connectivity index (χ0n) is 15.2. The molecule has 2 fully saturated rings. The molecule has 4 rings (SSSR count). The average Bonchev–Trinajstić information content (AvgIpc) is 2.63. The second-order valence-electron chi connectivity index (χ2n) is 7.40. The van der Waals surface area contributed by atoms with E-state index in [1.165, 1.54) is 18.4 Å². The molecule has 2 N–H and O–H groups in total. The summed E-state index contributed by atoms with van der Waals surface area (Å²) < 4.78 is 0. The van der Waals surface area contributed by atoms with Crippen molar-refractivity contribution < 1.29 is 4.79 Å². The van der Waals surface area contributed by atoms with E-state index >= 15 is 0 Å². The summed E-state index contributed by atoms with van der Waals surface area (Å²) in [5.41, 5.74) is 4.37. The number of rotatable bonds is 4. The lowest BCUT2D eigenvalue weighted by atomic mass is 9.90. The van der Waals surface area contributed by atoms with Crippen molar-refractivity contribution in [3.63, 3.8) is 0 Å². The maximum absolute atomic E-state index is 12.5. The van der Waals surface area contributed by atoms with Crippen molar-refractivity contribution in [1.29, 1.82) is 0 Å². The minimum atomic E-state index is 0.0420. The molecule has 2 aromatic rings. The number of carbonyl (C=O) groups excluding carboxylic acids is 1. The van der Waals surface area contributed by atoms with Crippen LogP contribution in [0, 0.1) is 12.8 Å². The third-order valence-electron chi connectivity index (χ3n) is 5.50. The molecular weight excluding hydrogens is 324 g/mol. The van der Waals surface area contributed by atoms with E-state index in [2.05, 4.69) is 38.7 Å². The molecule has 1 aromatic heterocycles. The normalized spacial score (nSPS) is 18.4. The van der Waals surface area contributed by atoms with Crippen LogP contribution in [0.4, 0.5) is 11.4 Å². The van der Waals surface area contributed by atoms with Gasteiger partial charge < -0.3 is 15.5 Å². The lowest BCUT2D eigenvalue weighted by Crippen LogP contribution is -2.52. The third kappa shape index (κ3) is 3.73. The zero-order chi connectivity index (χ0) is 17.9. The first kappa shape index (κ1) is 17.0. The fraction of sp³-hybridized carbons (Fsp3) is 0.429. The first-order chi connectivity index (χ1) is 12.7. The van der Waals surface area contributed by atoms with Gasteiger partial charge in [-0.3, -0.25) is 9.78 Å². The van der Waals surface area contributed by atoms with Gasteiger partial charge >= 0.3 is 0 Å². The van der Waals surface area contributed by atoms with Crippen LogP contribution in [-0.2, 0) is 4.79 Å². The fourth-order valence-corrected chi connectivity index (χ4v) is 3.74. The molecule has 26 heavy (non-hydrogen) atoms. The standard InChI is InChI=1S/C21H26N4O/c1-15-2-7-20(12-23-15)25-13-18(14-25)21(26)24-19-5-3-16(4-6-19)17-8-10-22-11-9-17/h2-7,12,17-18,22H,8-11,13-14H2,1H3,(H,24,26). The van der Waals surface area contributed by atoms with Crippen molar-refractivity contribution in [3.05, 3.63) is 53.9 Å². The van der Waals surface area contributed by atoms with Crippen LogP contribution in [0.2, 0.25) is 0 Å². The molecule has 2 saturated heterocycles. The van der Waals surface area contributed by atoms with E-state index in [-0.39, 0.29) is 11.8 Å². The second-order valence-corrected chi connectivity index (χ2v) is 7.40. The Morgan fingerprint density at radius 2 is 1.85 bits per heavy atom. The Morgan fingerprint density at radius 1 is 1.12 bits per heavy atom. The molecule has 0 radical (unpaired) electrons. The number of benzene rings is 1. The summed E-state index contributed by atoms with van der Waals surface area (Å²) in [6, 6.07) is 12.5. The smallest absolute Gasteiger partial charge is 0.231 e. The molecule has 1 aromatic carbocycles. The Labute approximate surface area is 154 Å². The summed E-state index contributed by atoms with van der Waals surface area (Å²) in [5, 5.41) is 6.46. The van der Waals surface area contributed by atoms with Gasteiger partial charge in [-0.15, -0.1) is 0 Å². The topological polar surface area (TPSA) is 57.3 Å². The number of amides is 1. The number of pyridine rings is 1. The number of piperidine rings is 1. The first-order valence-electron chi connectivity index (χ1n) is 9.48. The number of aromatic nitrogens is 1. The summed E-state index contributed by atoms with van der Waals surface area (Å²) in [7, 11) is 0. The molecule has 0 unspecified atom stereocenters. The number of carbonyl (C=O) groups is 1. The Balaban J connectivity index is 1.29. The van der Waals surface area contributed by atoms with Gasteiger partial charge in [-0.05, 0) is 68.6 Å². The molecule has 2 aliphatic rings. The van der Waals surface area contributed by atoms with Crippen molar-refractivity contribution in [2.24, 2.45) is 5.92 Å². The van der Waals surface area contributed by atoms with Crippen molar-refractivity contribution >= 4 is 17.3 Å². The predicted octanol–water partition coefficient (Wildman–Crippen LogP) is 2.93. The van der Waals surface area contributed by atoms with Crippen LogP contribution in [0.3, 0.4) is 0 Å². The van der Waals surface area contributed by atoms with Crippen molar-refractivity contribution in [3.8, 4) is 0 Å². The summed E-state index contributed by atoms with van der Waals surface area (Å²) in [6.07, 6.45) is 4.26. The first-order valence-corrected chi connectivity index (χ1v) is 9.48. The fourth-order valence-electron chi connectivity index (χ4n) is 3.74. The lowest BCUT2D eigenvalue weighted by Gasteiger charge is -2.39. The quantitative estimate of drug-likeness (QED) is 0.890. The minimum absolute atomic E-state index is 0.0420. The highest BCUT2D eigenvalue weighted by atomic mass is 16.2. The molecule has 0 bridgehead atoms. The van der Waals surface area contributed by atoms with Crippen molar-refractivity contribution in [1.82, 2.24) is 10.3 Å². The highest BCUT2D eigenvalue weighted by molar-refractivity contribution is 5.94. The molecule has 3 heterocycles. The van der Waals surface area contributed by atoms with Gasteiger partial charge in [0, 0.05) is 24.5 Å². The minimum Gasteiger partial charge on any atom is -0.369 e. The summed E-state index contributed by atoms with van der Waals surface area (Å²) in [5.74, 6) is 0.792. The monoisotopic (exact) mass is 350 g/mol. The van der Waals surface area contributed by atoms with E-state index in [0.717, 1.165) is 43.2 Å². The van der Waals surface area contributed by atoms with Crippen LogP contribution in [0.25, 0.3) is 0 Å². The molecule has 0 spiro atoms. The molecule has 5 heteroatoms. The lowest BCUT2D eigenvalue weighted by molar-refractivity contribution is -0.120. The Morgan fingerprint density at radius 3 is 2.50 bits per heavy atom. The van der Waals surface area contributed by atoms with Crippen LogP contribution in [0.15, 0.2) is 42.6 Å². The van der Waals surface area contributed by atoms with E-state index in [1.807, 2.05) is 31.3 Å². The van der Waals surface area contributed by atoms with Crippen LogP contribution in [-0.4, -0.2) is 37.1 Å². The molecular formula is C21H26N4O. The Hall–Kier alpha value is -2.40. The van der Waals surface area contributed by atoms with Gasteiger partial charge in [-0.1, -0.05) is 12.1 Å². The average molecular weight is 350 g/mol. The highest BCUT2D eigenvalue weighted by Crippen LogP contribution is 2.27. The van der Waals surface area contributed by atoms with Crippen LogP contribution in [0.1, 0.15) is 30.0 Å². The molecule has 1 amide bonds. The number of hydrogen-bond acceptors (Lipinski definition) is 4. The van der Waals surface area contributed by atoms with E-state index < -0.39 is 0 Å². The van der Waals surface area contributed by atoms with Crippen molar-refractivity contribution in [2.75, 3.05) is 36.4 Å². The van der Waals surface area contributed by atoms with Crippen LogP contribution in [0.5, 0.6) is 0 Å². The molecule has 136 valence electrons. The molecule has 2 aliphatic heterocycles. The van der Waals surface area contributed by atoms with Gasteiger partial charge in [0.25, 0.3) is 0 Å². The van der Waals surface area contributed by atoms with Gasteiger partial charge in [-0.2, -0.15) is 0 Å². The number of hydrogen-bond donors (Lipinski definition) is 2. The number of anilines is 2. The van der Waals surface area contributed by atoms with Gasteiger partial charge in [-0.25, -0.2) is 0 Å². The maximum Gasteiger partial charge on any atom is 0.231 e. The van der Waals surface area contributed by atoms with E-state index in [9.17, 15) is 4.79 Å². The Kier molecular flexibility index (Phi) is 4.89. The van der Waals surface area contributed by atoms with E-state index in [0.29, 0.717) is 5.92 Å². The largest absolute Gasteiger partial charge is 0.369 e. The number of aryl methyl sites for hydroxylation is 1. The maximum atomic E-state index is 12.5. The molecule has 5 nitrogen and oxygen atoms in total. The van der Waals surface area contributed by atoms with Crippen LogP contribution >= 0.6 is 0 Å². The van der Waals surface area contributed by atoms with Crippen LogP contribution < -0.4 is 15.5 Å².